The summed E-state index contributed by atoms with van der Waals surface area (Å²) in [5, 5.41) is 19.4. The molecule has 0 aliphatic carbocycles. The molecule has 62 heavy (non-hydrogen) atoms. The van der Waals surface area contributed by atoms with Crippen LogP contribution in [0, 0.1) is 23.2 Å². The Morgan fingerprint density at radius 3 is 1.76 bits per heavy atom. The van der Waals surface area contributed by atoms with Crippen molar-refractivity contribution in [1.29, 1.82) is 0 Å². The first-order valence-corrected chi connectivity index (χ1v) is 26.1. The maximum absolute atomic E-state index is 13.5. The summed E-state index contributed by atoms with van der Waals surface area (Å²) in [6.45, 7) is 22.2. The van der Waals surface area contributed by atoms with Gasteiger partial charge in [-0.2, -0.15) is 0 Å². The van der Waals surface area contributed by atoms with Crippen molar-refractivity contribution in [2.75, 3.05) is 39.5 Å². The molecule has 2 aliphatic heterocycles. The molecule has 0 bridgehead atoms. The van der Waals surface area contributed by atoms with E-state index in [1.807, 2.05) is 0 Å². The van der Waals surface area contributed by atoms with Gasteiger partial charge in [-0.15, -0.1) is 0 Å². The van der Waals surface area contributed by atoms with Gasteiger partial charge in [-0.05, 0) is 91.0 Å². The van der Waals surface area contributed by atoms with Crippen molar-refractivity contribution < 1.29 is 38.7 Å². The molecule has 2 saturated heterocycles. The van der Waals surface area contributed by atoms with E-state index >= 15 is 0 Å². The number of rotatable bonds is 37. The summed E-state index contributed by atoms with van der Waals surface area (Å²) in [6.07, 6.45) is 30.0. The van der Waals surface area contributed by atoms with E-state index in [1.54, 1.807) is 0 Å². The average molecular weight is 880 g/mol. The molecule has 9 heteroatoms. The molecule has 2 fully saturated rings. The van der Waals surface area contributed by atoms with E-state index in [4.69, 9.17) is 18.9 Å². The van der Waals surface area contributed by atoms with Crippen LogP contribution in [0.15, 0.2) is 0 Å². The molecule has 0 radical (unpaired) electrons. The fourth-order valence-corrected chi connectivity index (χ4v) is 9.86. The summed E-state index contributed by atoms with van der Waals surface area (Å²) >= 11 is 0. The molecule has 6 unspecified atom stereocenters. The molecule has 0 spiro atoms. The Labute approximate surface area is 382 Å². The number of aliphatic hydroxyl groups excluding tert-OH is 2. The maximum atomic E-state index is 13.5. The molecule has 2 rings (SSSR count). The molecule has 8 atom stereocenters. The molecular formula is C53H101NO8. The van der Waals surface area contributed by atoms with Crippen LogP contribution in [0.3, 0.4) is 0 Å². The van der Waals surface area contributed by atoms with E-state index in [9.17, 15) is 19.8 Å². The number of carbonyl (C=O) groups excluding carboxylic acids is 2. The fourth-order valence-electron chi connectivity index (χ4n) is 9.86. The lowest BCUT2D eigenvalue weighted by Crippen LogP contribution is -2.46. The first-order valence-electron chi connectivity index (χ1n) is 26.1. The van der Waals surface area contributed by atoms with Gasteiger partial charge in [0.1, 0.15) is 12.4 Å². The third-order valence-electron chi connectivity index (χ3n) is 14.3. The Kier molecular flexibility index (Phi) is 29.9. The van der Waals surface area contributed by atoms with Crippen molar-refractivity contribution in [2.24, 2.45) is 23.2 Å². The van der Waals surface area contributed by atoms with Crippen LogP contribution in [-0.2, 0) is 28.5 Å². The molecule has 366 valence electrons. The van der Waals surface area contributed by atoms with Crippen molar-refractivity contribution in [3.63, 3.8) is 0 Å². The zero-order valence-corrected chi connectivity index (χ0v) is 42.0. The highest BCUT2D eigenvalue weighted by molar-refractivity contribution is 5.79. The summed E-state index contributed by atoms with van der Waals surface area (Å²) in [7, 11) is 0. The first kappa shape index (κ1) is 57.0. The normalized spacial score (nSPS) is 24.5. The maximum Gasteiger partial charge on any atom is 0.302 e. The molecule has 0 aromatic carbocycles. The SMILES string of the molecule is CC(=O)OCC1OC(CCCCCCCCCCCCCCC(COC(C)C)(COC(C)(C)C)CC(=O)CCCCCCCCCCCN2C[C@H](O)C[C@H]2CO)C(C)C(C)C1C. The lowest BCUT2D eigenvalue weighted by molar-refractivity contribution is -0.169. The zero-order chi connectivity index (χ0) is 45.8. The number of esters is 1. The average Bonchev–Trinajstić information content (AvgIpc) is 3.59. The van der Waals surface area contributed by atoms with Gasteiger partial charge in [-0.25, -0.2) is 0 Å². The molecule has 2 N–H and O–H groups in total. The van der Waals surface area contributed by atoms with Gasteiger partial charge >= 0.3 is 5.97 Å². The van der Waals surface area contributed by atoms with Crippen LogP contribution >= 0.6 is 0 Å². The van der Waals surface area contributed by atoms with Gasteiger partial charge in [0.15, 0.2) is 0 Å². The Morgan fingerprint density at radius 2 is 1.23 bits per heavy atom. The number of nitrogens with zero attached hydrogens (tertiary/aromatic N) is 1. The predicted molar refractivity (Wildman–Crippen MR) is 256 cm³/mol. The largest absolute Gasteiger partial charge is 0.463 e. The minimum Gasteiger partial charge on any atom is -0.463 e. The summed E-state index contributed by atoms with van der Waals surface area (Å²) in [4.78, 5) is 27.1. The predicted octanol–water partition coefficient (Wildman–Crippen LogP) is 12.2. The van der Waals surface area contributed by atoms with Gasteiger partial charge in [-0.1, -0.05) is 143 Å². The third kappa shape index (κ3) is 25.6. The third-order valence-corrected chi connectivity index (χ3v) is 14.3. The van der Waals surface area contributed by atoms with Gasteiger partial charge in [0.2, 0.25) is 0 Å². The van der Waals surface area contributed by atoms with Crippen molar-refractivity contribution >= 4 is 11.8 Å². The van der Waals surface area contributed by atoms with Crippen molar-refractivity contribution in [3.8, 4) is 0 Å². The summed E-state index contributed by atoms with van der Waals surface area (Å²) in [5.74, 6) is 1.64. The van der Waals surface area contributed by atoms with E-state index in [2.05, 4.69) is 60.3 Å². The molecule has 0 saturated carbocycles. The molecule has 0 aromatic heterocycles. The first-order chi connectivity index (χ1) is 29.6. The highest BCUT2D eigenvalue weighted by atomic mass is 16.6. The van der Waals surface area contributed by atoms with Crippen molar-refractivity contribution in [3.05, 3.63) is 0 Å². The van der Waals surface area contributed by atoms with E-state index in [0.29, 0.717) is 69.2 Å². The standard InChI is InChI=1S/C53H101NO8/c1-42(2)60-40-53(41-61-52(7,8)9,36-48(57)31-27-23-19-15-14-18-22-26-30-34-54-37-49(58)35-47(54)38-55)33-29-25-21-17-13-11-10-12-16-20-24-28-32-50-44(4)43(3)45(5)51(62-50)39-59-46(6)56/h42-45,47,49-51,55,58H,10-41H2,1-9H3/t43?,44?,45?,47-,49+,50?,51?,53?/m0/s1. The molecular weight excluding hydrogens is 779 g/mol. The number of unbranched alkanes of at least 4 members (excludes halogenated alkanes) is 19. The number of carbonyl (C=O) groups is 2. The van der Waals surface area contributed by atoms with E-state index in [0.717, 1.165) is 45.1 Å². The Balaban J connectivity index is 1.60. The van der Waals surface area contributed by atoms with Gasteiger partial charge in [0, 0.05) is 37.8 Å². The van der Waals surface area contributed by atoms with Crippen LogP contribution in [0.2, 0.25) is 0 Å². The Morgan fingerprint density at radius 1 is 0.710 bits per heavy atom. The molecule has 2 heterocycles. The summed E-state index contributed by atoms with van der Waals surface area (Å²) in [6, 6.07) is 0.136. The van der Waals surface area contributed by atoms with Crippen LogP contribution < -0.4 is 0 Å². The van der Waals surface area contributed by atoms with Gasteiger partial charge in [0.25, 0.3) is 0 Å². The number of Topliss-reactive ketones (excluding diaryl/α,β-unsaturated/α-hetero) is 1. The molecule has 2 aliphatic rings. The van der Waals surface area contributed by atoms with E-state index in [1.165, 1.54) is 116 Å². The smallest absolute Gasteiger partial charge is 0.302 e. The van der Waals surface area contributed by atoms with Crippen LogP contribution in [0.4, 0.5) is 0 Å². The van der Waals surface area contributed by atoms with Crippen LogP contribution in [0.5, 0.6) is 0 Å². The van der Waals surface area contributed by atoms with Crippen molar-refractivity contribution in [2.45, 2.75) is 265 Å². The number of aliphatic hydroxyl groups is 2. The Hall–Kier alpha value is -1.10. The summed E-state index contributed by atoms with van der Waals surface area (Å²) < 4.78 is 24.4. The van der Waals surface area contributed by atoms with Gasteiger partial charge in [-0.3, -0.25) is 14.5 Å². The highest BCUT2D eigenvalue weighted by Crippen LogP contribution is 2.37. The minimum absolute atomic E-state index is 0.0110. The number of hydrogen-bond donors (Lipinski definition) is 2. The lowest BCUT2D eigenvalue weighted by atomic mass is 9.75. The number of ether oxygens (including phenoxy) is 4. The molecule has 9 nitrogen and oxygen atoms in total. The van der Waals surface area contributed by atoms with E-state index in [-0.39, 0.29) is 54.0 Å². The van der Waals surface area contributed by atoms with Crippen LogP contribution in [0.1, 0.15) is 229 Å². The number of ketones is 1. The summed E-state index contributed by atoms with van der Waals surface area (Å²) in [5.41, 5.74) is -0.528. The second-order valence-corrected chi connectivity index (χ2v) is 21.5. The van der Waals surface area contributed by atoms with Gasteiger partial charge in [0.05, 0.1) is 49.8 Å². The van der Waals surface area contributed by atoms with E-state index < -0.39 is 0 Å². The molecule has 0 amide bonds. The van der Waals surface area contributed by atoms with Gasteiger partial charge < -0.3 is 29.2 Å². The topological polar surface area (TPSA) is 115 Å². The fraction of sp³-hybridized carbons (Fsp3) is 0.962. The van der Waals surface area contributed by atoms with Crippen LogP contribution in [0.25, 0.3) is 0 Å². The number of hydrogen-bond acceptors (Lipinski definition) is 9. The second-order valence-electron chi connectivity index (χ2n) is 21.5. The Bertz CT molecular complexity index is 1140. The van der Waals surface area contributed by atoms with Crippen LogP contribution in [-0.4, -0.2) is 102 Å². The second kappa shape index (κ2) is 32.6. The lowest BCUT2D eigenvalue weighted by Gasteiger charge is -2.43. The number of β-amino-alcohol motifs (C(OH)–C–C–N with tert-alkyl or cyclic N) is 1. The highest BCUT2D eigenvalue weighted by Gasteiger charge is 2.39. The monoisotopic (exact) mass is 880 g/mol. The zero-order valence-electron chi connectivity index (χ0n) is 42.0. The quantitative estimate of drug-likeness (QED) is 0.0465. The van der Waals surface area contributed by atoms with Crippen molar-refractivity contribution in [1.82, 2.24) is 4.90 Å². The number of likely N-dealkylation sites (tertiary alicyclic amines) is 1. The minimum atomic E-state index is -0.282. The molecule has 0 aromatic rings.